The second-order valence-corrected chi connectivity index (χ2v) is 6.98. The molecule has 0 unspecified atom stereocenters. The lowest BCUT2D eigenvalue weighted by atomic mass is 9.80. The molecule has 1 saturated heterocycles. The van der Waals surface area contributed by atoms with E-state index in [1.807, 2.05) is 11.8 Å². The van der Waals surface area contributed by atoms with E-state index in [4.69, 9.17) is 4.74 Å². The van der Waals surface area contributed by atoms with Crippen molar-refractivity contribution in [3.05, 3.63) is 30.3 Å². The molecule has 0 radical (unpaired) electrons. The fraction of sp³-hybridized carbons (Fsp3) is 0.625. The summed E-state index contributed by atoms with van der Waals surface area (Å²) in [5.74, 6) is 0.674. The van der Waals surface area contributed by atoms with E-state index in [0.29, 0.717) is 11.2 Å². The first-order valence-electron chi connectivity index (χ1n) is 7.16. The summed E-state index contributed by atoms with van der Waals surface area (Å²) in [7, 11) is 0. The van der Waals surface area contributed by atoms with Crippen LogP contribution in [-0.2, 0) is 4.74 Å². The summed E-state index contributed by atoms with van der Waals surface area (Å²) in [5.41, 5.74) is 0.179. The molecule has 3 rings (SSSR count). The Morgan fingerprint density at radius 3 is 2.56 bits per heavy atom. The summed E-state index contributed by atoms with van der Waals surface area (Å²) >= 11 is 2.04. The summed E-state index contributed by atoms with van der Waals surface area (Å²) in [6.07, 6.45) is 6.61. The van der Waals surface area contributed by atoms with Crippen LogP contribution >= 0.6 is 11.8 Å². The maximum Gasteiger partial charge on any atom is 0.0807 e. The Morgan fingerprint density at radius 2 is 1.83 bits per heavy atom. The second kappa shape index (κ2) is 5.26. The van der Waals surface area contributed by atoms with E-state index in [1.165, 1.54) is 37.0 Å². The number of rotatable bonds is 2. The number of benzene rings is 1. The molecule has 1 aliphatic heterocycles. The van der Waals surface area contributed by atoms with Crippen LogP contribution in [0, 0.1) is 5.92 Å². The van der Waals surface area contributed by atoms with Gasteiger partial charge in [0.05, 0.1) is 12.2 Å². The first-order chi connectivity index (χ1) is 8.80. The van der Waals surface area contributed by atoms with Gasteiger partial charge in [0.2, 0.25) is 0 Å². The van der Waals surface area contributed by atoms with Gasteiger partial charge in [0.1, 0.15) is 0 Å². The van der Waals surface area contributed by atoms with Crippen LogP contribution in [0.1, 0.15) is 39.0 Å². The van der Waals surface area contributed by atoms with Crippen molar-refractivity contribution in [1.82, 2.24) is 0 Å². The SMILES string of the molecule is C[C@@H]1COC2(CCCCC2)[C@@H]1Sc1ccccc1. The molecule has 1 spiro atoms. The van der Waals surface area contributed by atoms with Gasteiger partial charge in [0, 0.05) is 10.1 Å². The molecule has 2 atom stereocenters. The minimum absolute atomic E-state index is 0.179. The van der Waals surface area contributed by atoms with Gasteiger partial charge in [-0.05, 0) is 30.9 Å². The van der Waals surface area contributed by atoms with E-state index in [0.717, 1.165) is 6.61 Å². The molecule has 0 bridgehead atoms. The molecule has 0 N–H and O–H groups in total. The van der Waals surface area contributed by atoms with Crippen molar-refractivity contribution in [3.63, 3.8) is 0 Å². The van der Waals surface area contributed by atoms with Gasteiger partial charge in [-0.1, -0.05) is 44.4 Å². The number of hydrogen-bond donors (Lipinski definition) is 0. The number of hydrogen-bond acceptors (Lipinski definition) is 2. The van der Waals surface area contributed by atoms with Crippen molar-refractivity contribution in [2.24, 2.45) is 5.92 Å². The third kappa shape index (κ3) is 2.33. The molecule has 1 nitrogen and oxygen atoms in total. The summed E-state index contributed by atoms with van der Waals surface area (Å²) in [6, 6.07) is 10.8. The number of ether oxygens (including phenoxy) is 1. The fourth-order valence-electron chi connectivity index (χ4n) is 3.43. The molecule has 0 amide bonds. The zero-order valence-corrected chi connectivity index (χ0v) is 11.9. The summed E-state index contributed by atoms with van der Waals surface area (Å²) < 4.78 is 6.26. The quantitative estimate of drug-likeness (QED) is 0.775. The molecule has 2 heteroatoms. The molecule has 1 saturated carbocycles. The normalized spacial score (nSPS) is 30.7. The van der Waals surface area contributed by atoms with Crippen LogP contribution in [0.3, 0.4) is 0 Å². The summed E-state index contributed by atoms with van der Waals surface area (Å²) in [6.45, 7) is 3.30. The molecule has 1 aromatic rings. The van der Waals surface area contributed by atoms with Gasteiger partial charge in [-0.2, -0.15) is 0 Å². The van der Waals surface area contributed by atoms with Crippen LogP contribution in [0.4, 0.5) is 0 Å². The van der Waals surface area contributed by atoms with Crippen LogP contribution < -0.4 is 0 Å². The molecule has 98 valence electrons. The van der Waals surface area contributed by atoms with Crippen molar-refractivity contribution < 1.29 is 4.74 Å². The van der Waals surface area contributed by atoms with Crippen molar-refractivity contribution >= 4 is 11.8 Å². The lowest BCUT2D eigenvalue weighted by Gasteiger charge is -2.38. The van der Waals surface area contributed by atoms with Gasteiger partial charge >= 0.3 is 0 Å². The molecule has 2 aliphatic rings. The van der Waals surface area contributed by atoms with E-state index in [-0.39, 0.29) is 5.60 Å². The average molecular weight is 262 g/mol. The van der Waals surface area contributed by atoms with E-state index in [2.05, 4.69) is 37.3 Å². The van der Waals surface area contributed by atoms with E-state index in [1.54, 1.807) is 0 Å². The summed E-state index contributed by atoms with van der Waals surface area (Å²) in [4.78, 5) is 1.39. The minimum Gasteiger partial charge on any atom is -0.373 e. The Hall–Kier alpha value is -0.470. The Balaban J connectivity index is 1.79. The Bertz CT molecular complexity index is 378. The topological polar surface area (TPSA) is 9.23 Å². The lowest BCUT2D eigenvalue weighted by molar-refractivity contribution is -0.0220. The fourth-order valence-corrected chi connectivity index (χ4v) is 4.87. The predicted octanol–water partition coefficient (Wildman–Crippen LogP) is 4.52. The van der Waals surface area contributed by atoms with E-state index >= 15 is 0 Å². The van der Waals surface area contributed by atoms with Crippen LogP contribution in [0.25, 0.3) is 0 Å². The third-order valence-electron chi connectivity index (χ3n) is 4.38. The highest BCUT2D eigenvalue weighted by Crippen LogP contribution is 2.49. The highest BCUT2D eigenvalue weighted by molar-refractivity contribution is 8.00. The Labute approximate surface area is 114 Å². The Kier molecular flexibility index (Phi) is 3.67. The molecular formula is C16H22OS. The zero-order valence-electron chi connectivity index (χ0n) is 11.1. The largest absolute Gasteiger partial charge is 0.373 e. The minimum atomic E-state index is 0.179. The van der Waals surface area contributed by atoms with E-state index < -0.39 is 0 Å². The predicted molar refractivity (Wildman–Crippen MR) is 77.0 cm³/mol. The molecular weight excluding hydrogens is 240 g/mol. The van der Waals surface area contributed by atoms with Crippen molar-refractivity contribution in [3.8, 4) is 0 Å². The molecule has 18 heavy (non-hydrogen) atoms. The highest BCUT2D eigenvalue weighted by atomic mass is 32.2. The molecule has 0 aromatic heterocycles. The lowest BCUT2D eigenvalue weighted by Crippen LogP contribution is -2.40. The van der Waals surface area contributed by atoms with Crippen molar-refractivity contribution in [2.45, 2.75) is 54.8 Å². The van der Waals surface area contributed by atoms with Crippen LogP contribution in [0.5, 0.6) is 0 Å². The Morgan fingerprint density at radius 1 is 1.11 bits per heavy atom. The molecule has 1 aromatic carbocycles. The van der Waals surface area contributed by atoms with Gasteiger partial charge in [-0.15, -0.1) is 11.8 Å². The van der Waals surface area contributed by atoms with E-state index in [9.17, 15) is 0 Å². The molecule has 1 aliphatic carbocycles. The van der Waals surface area contributed by atoms with Gasteiger partial charge in [0.25, 0.3) is 0 Å². The van der Waals surface area contributed by atoms with Gasteiger partial charge in [0.15, 0.2) is 0 Å². The van der Waals surface area contributed by atoms with Crippen molar-refractivity contribution in [2.75, 3.05) is 6.61 Å². The smallest absolute Gasteiger partial charge is 0.0807 e. The van der Waals surface area contributed by atoms with Gasteiger partial charge in [-0.3, -0.25) is 0 Å². The molecule has 1 heterocycles. The third-order valence-corrected chi connectivity index (χ3v) is 6.07. The first-order valence-corrected chi connectivity index (χ1v) is 8.04. The van der Waals surface area contributed by atoms with Crippen molar-refractivity contribution in [1.29, 1.82) is 0 Å². The zero-order chi connectivity index (χ0) is 12.4. The first kappa shape index (κ1) is 12.6. The van der Waals surface area contributed by atoms with Crippen LogP contribution in [0.2, 0.25) is 0 Å². The maximum absolute atomic E-state index is 6.26. The molecule has 2 fully saturated rings. The second-order valence-electron chi connectivity index (χ2n) is 5.77. The van der Waals surface area contributed by atoms with Gasteiger partial charge in [-0.25, -0.2) is 0 Å². The van der Waals surface area contributed by atoms with Crippen LogP contribution in [-0.4, -0.2) is 17.5 Å². The standard InChI is InChI=1S/C16H22OS/c1-13-12-17-16(10-6-3-7-11-16)15(13)18-14-8-4-2-5-9-14/h2,4-5,8-9,13,15H,3,6-7,10-12H2,1H3/t13-,15-/m1/s1. The highest BCUT2D eigenvalue weighted by Gasteiger charge is 2.48. The average Bonchev–Trinajstić information content (AvgIpc) is 2.71. The van der Waals surface area contributed by atoms with Crippen LogP contribution in [0.15, 0.2) is 35.2 Å². The summed E-state index contributed by atoms with van der Waals surface area (Å²) in [5, 5.41) is 0.639. The van der Waals surface area contributed by atoms with Gasteiger partial charge < -0.3 is 4.74 Å². The number of thioether (sulfide) groups is 1. The maximum atomic E-state index is 6.26. The monoisotopic (exact) mass is 262 g/mol.